The van der Waals surface area contributed by atoms with Gasteiger partial charge in [0.1, 0.15) is 5.69 Å². The van der Waals surface area contributed by atoms with Gasteiger partial charge in [-0.1, -0.05) is 12.2 Å². The van der Waals surface area contributed by atoms with Gasteiger partial charge in [-0.25, -0.2) is 4.79 Å². The largest absolute Gasteiger partial charge is 0.465 e. The summed E-state index contributed by atoms with van der Waals surface area (Å²) < 4.78 is 1.69. The molecule has 0 unspecified atom stereocenters. The van der Waals surface area contributed by atoms with Crippen LogP contribution in [0.1, 0.15) is 34.6 Å². The first-order valence-corrected chi connectivity index (χ1v) is 7.57. The number of hydrogen-bond donors (Lipinski definition) is 1. The molecule has 0 aromatic carbocycles. The van der Waals surface area contributed by atoms with E-state index in [0.717, 1.165) is 11.3 Å². The second kappa shape index (κ2) is 5.57. The Hall–Kier alpha value is -2.57. The Morgan fingerprint density at radius 2 is 2.09 bits per heavy atom. The molecule has 122 valence electrons. The number of Topliss-reactive ketones (excluding diaryl/α,β-unsaturated/α-hetero) is 1. The molecule has 0 atom stereocenters. The lowest BCUT2D eigenvalue weighted by atomic mass is 9.98. The second-order valence-corrected chi connectivity index (χ2v) is 6.16. The summed E-state index contributed by atoms with van der Waals surface area (Å²) in [7, 11) is 3.65. The average Bonchev–Trinajstić information content (AvgIpc) is 2.76. The molecule has 7 nitrogen and oxygen atoms in total. The molecule has 7 heteroatoms. The van der Waals surface area contributed by atoms with E-state index in [9.17, 15) is 14.7 Å². The maximum Gasteiger partial charge on any atom is 0.411 e. The first kappa shape index (κ1) is 15.3. The van der Waals surface area contributed by atoms with Crippen molar-refractivity contribution in [3.8, 4) is 0 Å². The van der Waals surface area contributed by atoms with Gasteiger partial charge in [-0.05, 0) is 6.42 Å². The molecule has 0 aliphatic carbocycles. The average molecular weight is 316 g/mol. The topological polar surface area (TPSA) is 78.7 Å². The van der Waals surface area contributed by atoms with E-state index in [0.29, 0.717) is 49.3 Å². The van der Waals surface area contributed by atoms with Gasteiger partial charge in [0.2, 0.25) is 0 Å². The Bertz CT molecular complexity index is 730. The number of ketones is 1. The van der Waals surface area contributed by atoms with Crippen LogP contribution in [0.25, 0.3) is 5.70 Å². The zero-order valence-corrected chi connectivity index (χ0v) is 13.4. The van der Waals surface area contributed by atoms with Gasteiger partial charge in [-0.3, -0.25) is 14.4 Å². The Morgan fingerprint density at radius 1 is 1.35 bits per heavy atom. The summed E-state index contributed by atoms with van der Waals surface area (Å²) in [4.78, 5) is 27.2. The fourth-order valence-corrected chi connectivity index (χ4v) is 3.10. The third-order valence-electron chi connectivity index (χ3n) is 4.10. The van der Waals surface area contributed by atoms with Gasteiger partial charge in [0.25, 0.3) is 0 Å². The van der Waals surface area contributed by atoms with E-state index in [1.165, 1.54) is 4.90 Å². The van der Waals surface area contributed by atoms with Crippen LogP contribution < -0.4 is 0 Å². The first-order valence-electron chi connectivity index (χ1n) is 7.57. The van der Waals surface area contributed by atoms with Crippen LogP contribution in [-0.4, -0.2) is 57.2 Å². The molecule has 2 aliphatic heterocycles. The monoisotopic (exact) mass is 316 g/mol. The van der Waals surface area contributed by atoms with Crippen LogP contribution in [0, 0.1) is 0 Å². The van der Waals surface area contributed by atoms with Crippen molar-refractivity contribution < 1.29 is 14.7 Å². The number of nitrogens with zero attached hydrogens (tertiary/aromatic N) is 4. The molecule has 3 rings (SSSR count). The molecule has 1 aromatic heterocycles. The number of aromatic nitrogens is 2. The molecule has 0 bridgehead atoms. The molecule has 0 fully saturated rings. The normalized spacial score (nSPS) is 19.4. The minimum absolute atomic E-state index is 0.00528. The van der Waals surface area contributed by atoms with Gasteiger partial charge in [-0.15, -0.1) is 0 Å². The van der Waals surface area contributed by atoms with Crippen molar-refractivity contribution in [3.05, 3.63) is 35.3 Å². The molecule has 1 amide bonds. The van der Waals surface area contributed by atoms with E-state index >= 15 is 0 Å². The number of carbonyl (C=O) groups is 2. The lowest BCUT2D eigenvalue weighted by Crippen LogP contribution is -2.35. The second-order valence-electron chi connectivity index (χ2n) is 6.16. The molecule has 0 spiro atoms. The Morgan fingerprint density at radius 3 is 2.74 bits per heavy atom. The number of fused-ring (bicyclic) bond motifs is 3. The lowest BCUT2D eigenvalue weighted by Gasteiger charge is -2.28. The van der Waals surface area contributed by atoms with Crippen LogP contribution in [-0.2, 0) is 13.0 Å². The van der Waals surface area contributed by atoms with Crippen LogP contribution in [0.2, 0.25) is 0 Å². The Labute approximate surface area is 134 Å². The van der Waals surface area contributed by atoms with Crippen molar-refractivity contribution in [2.24, 2.45) is 0 Å². The van der Waals surface area contributed by atoms with Crippen molar-refractivity contribution in [1.29, 1.82) is 0 Å². The Balaban J connectivity index is 2.21. The molecule has 0 saturated heterocycles. The smallest absolute Gasteiger partial charge is 0.411 e. The van der Waals surface area contributed by atoms with E-state index in [1.807, 2.05) is 14.1 Å². The highest BCUT2D eigenvalue weighted by Crippen LogP contribution is 2.34. The number of amides is 1. The van der Waals surface area contributed by atoms with Crippen molar-refractivity contribution in [2.45, 2.75) is 25.8 Å². The predicted octanol–water partition coefficient (Wildman–Crippen LogP) is 1.81. The number of allylic oxidation sites excluding steroid dienone is 1. The molecule has 1 aromatic rings. The summed E-state index contributed by atoms with van der Waals surface area (Å²) in [6.07, 6.45) is 2.26. The lowest BCUT2D eigenvalue weighted by molar-refractivity contribution is 0.0976. The third-order valence-corrected chi connectivity index (χ3v) is 4.10. The zero-order valence-electron chi connectivity index (χ0n) is 13.4. The van der Waals surface area contributed by atoms with E-state index < -0.39 is 6.09 Å². The van der Waals surface area contributed by atoms with E-state index in [-0.39, 0.29) is 5.78 Å². The molecular formula is C16H20N4O3. The summed E-state index contributed by atoms with van der Waals surface area (Å²) >= 11 is 0. The number of hydrogen-bond acceptors (Lipinski definition) is 4. The highest BCUT2D eigenvalue weighted by atomic mass is 16.4. The standard InChI is InChI=1S/C16H20N4O3/c1-10-4-5-13(21)15-14-11(17-20(15)8-10)6-7-19(16(22)23)12(14)9-18(2)3/h9H,1,4-8H2,2-3H3,(H,22,23). The van der Waals surface area contributed by atoms with Crippen LogP contribution >= 0.6 is 0 Å². The van der Waals surface area contributed by atoms with Crippen molar-refractivity contribution in [3.63, 3.8) is 0 Å². The summed E-state index contributed by atoms with van der Waals surface area (Å²) in [5.41, 5.74) is 3.44. The summed E-state index contributed by atoms with van der Waals surface area (Å²) in [5, 5.41) is 14.1. The van der Waals surface area contributed by atoms with Crippen LogP contribution in [0.4, 0.5) is 4.79 Å². The van der Waals surface area contributed by atoms with Gasteiger partial charge in [0.05, 0.1) is 23.5 Å². The van der Waals surface area contributed by atoms with E-state index in [4.69, 9.17) is 0 Å². The molecule has 23 heavy (non-hydrogen) atoms. The van der Waals surface area contributed by atoms with Crippen molar-refractivity contribution >= 4 is 17.6 Å². The van der Waals surface area contributed by atoms with Gasteiger partial charge in [-0.2, -0.15) is 5.10 Å². The summed E-state index contributed by atoms with van der Waals surface area (Å²) in [6.45, 7) is 4.84. The fourth-order valence-electron chi connectivity index (χ4n) is 3.10. The molecule has 0 saturated carbocycles. The maximum atomic E-state index is 12.6. The number of rotatable bonds is 1. The molecule has 0 radical (unpaired) electrons. The fraction of sp³-hybridized carbons (Fsp3) is 0.438. The summed E-state index contributed by atoms with van der Waals surface area (Å²) in [6, 6.07) is 0. The van der Waals surface area contributed by atoms with Gasteiger partial charge in [0.15, 0.2) is 5.78 Å². The highest BCUT2D eigenvalue weighted by molar-refractivity contribution is 6.01. The van der Waals surface area contributed by atoms with E-state index in [1.54, 1.807) is 15.8 Å². The predicted molar refractivity (Wildman–Crippen MR) is 85.0 cm³/mol. The molecule has 2 aliphatic rings. The highest BCUT2D eigenvalue weighted by Gasteiger charge is 2.35. The third kappa shape index (κ3) is 2.62. The van der Waals surface area contributed by atoms with Crippen LogP contribution in [0.5, 0.6) is 0 Å². The van der Waals surface area contributed by atoms with Crippen molar-refractivity contribution in [1.82, 2.24) is 19.6 Å². The minimum atomic E-state index is -1.02. The zero-order chi connectivity index (χ0) is 16.7. The van der Waals surface area contributed by atoms with Gasteiger partial charge >= 0.3 is 6.09 Å². The van der Waals surface area contributed by atoms with Crippen LogP contribution in [0.3, 0.4) is 0 Å². The first-order chi connectivity index (χ1) is 10.9. The maximum absolute atomic E-state index is 12.6. The van der Waals surface area contributed by atoms with Crippen LogP contribution in [0.15, 0.2) is 18.4 Å². The molecular weight excluding hydrogens is 296 g/mol. The van der Waals surface area contributed by atoms with Gasteiger partial charge in [0, 0.05) is 39.7 Å². The number of carboxylic acid groups (broad SMARTS) is 1. The van der Waals surface area contributed by atoms with Crippen molar-refractivity contribution in [2.75, 3.05) is 20.6 Å². The SMILES string of the molecule is C=C1CCC(=O)c2c3c(nn2C1)CCN(C(=O)O)C3=CN(C)C. The molecule has 3 heterocycles. The van der Waals surface area contributed by atoms with E-state index in [2.05, 4.69) is 11.7 Å². The Kier molecular flexibility index (Phi) is 3.71. The molecule has 1 N–H and O–H groups in total. The minimum Gasteiger partial charge on any atom is -0.465 e. The number of carbonyl (C=O) groups excluding carboxylic acids is 1. The van der Waals surface area contributed by atoms with Gasteiger partial charge < -0.3 is 10.0 Å². The summed E-state index contributed by atoms with van der Waals surface area (Å²) in [5.74, 6) is -0.00528. The quantitative estimate of drug-likeness (QED) is 0.800.